The zero-order valence-corrected chi connectivity index (χ0v) is 15.2. The van der Waals surface area contributed by atoms with Gasteiger partial charge < -0.3 is 15.2 Å². The van der Waals surface area contributed by atoms with E-state index < -0.39 is 22.1 Å². The van der Waals surface area contributed by atoms with E-state index in [-0.39, 0.29) is 10.6 Å². The summed E-state index contributed by atoms with van der Waals surface area (Å²) in [4.78, 5) is 11.7. The molecule has 3 aromatic carbocycles. The summed E-state index contributed by atoms with van der Waals surface area (Å²) in [6.45, 7) is 0.511. The molecular weight excluding hydrogens is 364 g/mol. The number of rotatable bonds is 4. The maximum atomic E-state index is 12.8. The second-order valence-electron chi connectivity index (χ2n) is 6.41. The Morgan fingerprint density at radius 3 is 2.59 bits per heavy atom. The lowest BCUT2D eigenvalue weighted by Gasteiger charge is -2.26. The minimum absolute atomic E-state index is 0.0826. The maximum absolute atomic E-state index is 12.8. The number of carbonyl (C=O) groups excluding carboxylic acids is 1. The highest BCUT2D eigenvalue weighted by atomic mass is 32.2. The van der Waals surface area contributed by atoms with Crippen LogP contribution in [0.4, 0.5) is 0 Å². The SMILES string of the molecule is NC(=O)C1NCCc2c(OS(=O)(=O)c3ccc4ccccc4c3)cccc21. The van der Waals surface area contributed by atoms with E-state index in [1.165, 1.54) is 6.07 Å². The maximum Gasteiger partial charge on any atom is 0.339 e. The molecular formula is C20H18N2O4S. The highest BCUT2D eigenvalue weighted by Crippen LogP contribution is 2.32. The smallest absolute Gasteiger partial charge is 0.339 e. The van der Waals surface area contributed by atoms with Crippen LogP contribution >= 0.6 is 0 Å². The fourth-order valence-corrected chi connectivity index (χ4v) is 4.39. The molecule has 7 heteroatoms. The van der Waals surface area contributed by atoms with Crippen molar-refractivity contribution in [2.24, 2.45) is 5.73 Å². The molecule has 1 aliphatic rings. The van der Waals surface area contributed by atoms with Crippen LogP contribution in [0.2, 0.25) is 0 Å². The third-order valence-electron chi connectivity index (χ3n) is 4.70. The summed E-state index contributed by atoms with van der Waals surface area (Å²) >= 11 is 0. The molecule has 0 aromatic heterocycles. The summed E-state index contributed by atoms with van der Waals surface area (Å²) in [5, 5.41) is 4.80. The van der Waals surface area contributed by atoms with Crippen molar-refractivity contribution in [1.82, 2.24) is 5.32 Å². The van der Waals surface area contributed by atoms with Gasteiger partial charge in [0.05, 0.1) is 0 Å². The molecule has 0 saturated carbocycles. The number of amides is 1. The van der Waals surface area contributed by atoms with E-state index >= 15 is 0 Å². The molecule has 1 heterocycles. The lowest BCUT2D eigenvalue weighted by atomic mass is 9.93. The summed E-state index contributed by atoms with van der Waals surface area (Å²) in [5.41, 5.74) is 6.78. The van der Waals surface area contributed by atoms with Gasteiger partial charge in [0.25, 0.3) is 0 Å². The molecule has 138 valence electrons. The molecule has 1 unspecified atom stereocenters. The number of benzene rings is 3. The molecule has 1 amide bonds. The Balaban J connectivity index is 1.72. The van der Waals surface area contributed by atoms with Crippen LogP contribution in [0, 0.1) is 0 Å². The van der Waals surface area contributed by atoms with Gasteiger partial charge in [0, 0.05) is 12.1 Å². The Hall–Kier alpha value is -2.90. The van der Waals surface area contributed by atoms with Crippen LogP contribution in [0.25, 0.3) is 10.8 Å². The Kier molecular flexibility index (Phi) is 4.33. The standard InChI is InChI=1S/C20H18N2O4S/c21-20(23)19-17-6-3-7-18(16(17)10-11-22-19)26-27(24,25)15-9-8-13-4-1-2-5-14(13)12-15/h1-9,12,19,22H,10-11H2,(H2,21,23). The van der Waals surface area contributed by atoms with Crippen molar-refractivity contribution in [3.63, 3.8) is 0 Å². The fourth-order valence-electron chi connectivity index (χ4n) is 3.39. The summed E-state index contributed by atoms with van der Waals surface area (Å²) in [6.07, 6.45) is 0.544. The van der Waals surface area contributed by atoms with Crippen molar-refractivity contribution in [3.05, 3.63) is 71.8 Å². The first-order valence-electron chi connectivity index (χ1n) is 8.53. The Morgan fingerprint density at radius 1 is 1.04 bits per heavy atom. The van der Waals surface area contributed by atoms with Crippen LogP contribution in [0.5, 0.6) is 5.75 Å². The van der Waals surface area contributed by atoms with E-state index in [0.717, 1.165) is 10.8 Å². The van der Waals surface area contributed by atoms with Crippen molar-refractivity contribution in [2.75, 3.05) is 6.54 Å². The fraction of sp³-hybridized carbons (Fsp3) is 0.150. The Bertz CT molecular complexity index is 1140. The predicted molar refractivity (Wildman–Crippen MR) is 102 cm³/mol. The average molecular weight is 382 g/mol. The second-order valence-corrected chi connectivity index (χ2v) is 7.96. The molecule has 1 atom stereocenters. The van der Waals surface area contributed by atoms with E-state index in [2.05, 4.69) is 5.32 Å². The third kappa shape index (κ3) is 3.27. The molecule has 27 heavy (non-hydrogen) atoms. The van der Waals surface area contributed by atoms with Gasteiger partial charge in [-0.05, 0) is 41.0 Å². The number of fused-ring (bicyclic) bond motifs is 2. The summed E-state index contributed by atoms with van der Waals surface area (Å²) in [5.74, 6) is -0.279. The largest absolute Gasteiger partial charge is 0.379 e. The molecule has 6 nitrogen and oxygen atoms in total. The molecule has 0 spiro atoms. The van der Waals surface area contributed by atoms with Crippen LogP contribution in [-0.4, -0.2) is 20.9 Å². The summed E-state index contributed by atoms with van der Waals surface area (Å²) in [6, 6.07) is 16.7. The first kappa shape index (κ1) is 17.5. The topological polar surface area (TPSA) is 98.5 Å². The number of nitrogens with one attached hydrogen (secondary N) is 1. The number of carbonyl (C=O) groups is 1. The molecule has 1 aliphatic heterocycles. The third-order valence-corrected chi connectivity index (χ3v) is 5.93. The Morgan fingerprint density at radius 2 is 1.81 bits per heavy atom. The van der Waals surface area contributed by atoms with E-state index in [1.54, 1.807) is 30.3 Å². The molecule has 0 bridgehead atoms. The van der Waals surface area contributed by atoms with Gasteiger partial charge in [0.1, 0.15) is 16.7 Å². The van der Waals surface area contributed by atoms with Gasteiger partial charge in [-0.15, -0.1) is 0 Å². The van der Waals surface area contributed by atoms with E-state index in [1.807, 2.05) is 24.3 Å². The van der Waals surface area contributed by atoms with Crippen LogP contribution in [0.3, 0.4) is 0 Å². The van der Waals surface area contributed by atoms with Crippen LogP contribution in [-0.2, 0) is 21.3 Å². The van der Waals surface area contributed by atoms with Gasteiger partial charge in [0.15, 0.2) is 0 Å². The van der Waals surface area contributed by atoms with Crippen LogP contribution < -0.4 is 15.2 Å². The lowest BCUT2D eigenvalue weighted by Crippen LogP contribution is -2.38. The summed E-state index contributed by atoms with van der Waals surface area (Å²) in [7, 11) is -4.01. The van der Waals surface area contributed by atoms with Gasteiger partial charge in [-0.3, -0.25) is 4.79 Å². The zero-order chi connectivity index (χ0) is 19.0. The highest BCUT2D eigenvalue weighted by Gasteiger charge is 2.28. The van der Waals surface area contributed by atoms with Crippen molar-refractivity contribution < 1.29 is 17.4 Å². The average Bonchev–Trinajstić information content (AvgIpc) is 2.67. The highest BCUT2D eigenvalue weighted by molar-refractivity contribution is 7.87. The molecule has 3 N–H and O–H groups in total. The van der Waals surface area contributed by atoms with Crippen molar-refractivity contribution in [3.8, 4) is 5.75 Å². The number of primary amides is 1. The van der Waals surface area contributed by atoms with E-state index in [4.69, 9.17) is 9.92 Å². The second kappa shape index (κ2) is 6.68. The van der Waals surface area contributed by atoms with Gasteiger partial charge in [0.2, 0.25) is 5.91 Å². The number of hydrogen-bond acceptors (Lipinski definition) is 5. The zero-order valence-electron chi connectivity index (χ0n) is 14.4. The first-order valence-corrected chi connectivity index (χ1v) is 9.94. The molecule has 0 fully saturated rings. The van der Waals surface area contributed by atoms with E-state index in [9.17, 15) is 13.2 Å². The molecule has 0 aliphatic carbocycles. The quantitative estimate of drug-likeness (QED) is 0.675. The van der Waals surface area contributed by atoms with Crippen LogP contribution in [0.15, 0.2) is 65.6 Å². The van der Waals surface area contributed by atoms with Crippen molar-refractivity contribution in [1.29, 1.82) is 0 Å². The number of nitrogens with two attached hydrogens (primary N) is 1. The monoisotopic (exact) mass is 382 g/mol. The van der Waals surface area contributed by atoms with Gasteiger partial charge in [-0.1, -0.05) is 42.5 Å². The van der Waals surface area contributed by atoms with E-state index in [0.29, 0.717) is 24.1 Å². The molecule has 0 radical (unpaired) electrons. The normalized spacial score (nSPS) is 16.7. The van der Waals surface area contributed by atoms with Gasteiger partial charge >= 0.3 is 10.1 Å². The van der Waals surface area contributed by atoms with Crippen molar-refractivity contribution in [2.45, 2.75) is 17.4 Å². The van der Waals surface area contributed by atoms with Crippen molar-refractivity contribution >= 4 is 26.8 Å². The van der Waals surface area contributed by atoms with Gasteiger partial charge in [-0.25, -0.2) is 0 Å². The molecule has 0 saturated heterocycles. The minimum atomic E-state index is -4.01. The lowest BCUT2D eigenvalue weighted by molar-refractivity contribution is -0.120. The summed E-state index contributed by atoms with van der Waals surface area (Å²) < 4.78 is 31.1. The predicted octanol–water partition coefficient (Wildman–Crippen LogP) is 2.28. The van der Waals surface area contributed by atoms with Crippen LogP contribution in [0.1, 0.15) is 17.2 Å². The number of hydrogen-bond donors (Lipinski definition) is 2. The molecule has 3 aromatic rings. The first-order chi connectivity index (χ1) is 13.0. The molecule has 4 rings (SSSR count). The van der Waals surface area contributed by atoms with Gasteiger partial charge in [-0.2, -0.15) is 8.42 Å². The Labute approximate surface area is 157 Å². The minimum Gasteiger partial charge on any atom is -0.379 e.